The first-order valence-electron chi connectivity index (χ1n) is 7.02. The van der Waals surface area contributed by atoms with Gasteiger partial charge in [0.2, 0.25) is 0 Å². The number of epoxide rings is 1. The third-order valence-electron chi connectivity index (χ3n) is 4.14. The fourth-order valence-corrected chi connectivity index (χ4v) is 2.92. The topological polar surface area (TPSA) is 32.8 Å². The van der Waals surface area contributed by atoms with E-state index in [-0.39, 0.29) is 11.7 Å². The number of unbranched alkanes of at least 4 members (excludes halogenated alkanes) is 3. The number of aliphatic hydroxyl groups is 1. The third kappa shape index (κ3) is 2.51. The van der Waals surface area contributed by atoms with E-state index in [0.29, 0.717) is 0 Å². The lowest BCUT2D eigenvalue weighted by Gasteiger charge is -2.28. The first kappa shape index (κ1) is 12.9. The first-order chi connectivity index (χ1) is 8.12. The van der Waals surface area contributed by atoms with Crippen molar-refractivity contribution in [3.8, 4) is 11.8 Å². The molecule has 1 heterocycles. The summed E-state index contributed by atoms with van der Waals surface area (Å²) < 4.78 is 5.76. The lowest BCUT2D eigenvalue weighted by atomic mass is 9.77. The molecule has 1 N–H and O–H groups in total. The van der Waals surface area contributed by atoms with Crippen molar-refractivity contribution in [2.75, 3.05) is 0 Å². The summed E-state index contributed by atoms with van der Waals surface area (Å²) in [7, 11) is 0. The highest BCUT2D eigenvalue weighted by atomic mass is 16.6. The quantitative estimate of drug-likeness (QED) is 0.462. The van der Waals surface area contributed by atoms with Crippen LogP contribution < -0.4 is 0 Å². The Morgan fingerprint density at radius 3 is 2.94 bits per heavy atom. The molecule has 0 radical (unpaired) electrons. The van der Waals surface area contributed by atoms with Crippen LogP contribution in [0.3, 0.4) is 0 Å². The van der Waals surface area contributed by atoms with Crippen LogP contribution in [0.25, 0.3) is 0 Å². The minimum atomic E-state index is -0.954. The van der Waals surface area contributed by atoms with Crippen LogP contribution in [0.15, 0.2) is 0 Å². The van der Waals surface area contributed by atoms with E-state index >= 15 is 0 Å². The molecule has 0 aromatic heterocycles. The number of ether oxygens (including phenoxy) is 1. The van der Waals surface area contributed by atoms with Crippen LogP contribution in [0.5, 0.6) is 0 Å². The Kier molecular flexibility index (Phi) is 3.80. The molecule has 2 heteroatoms. The molecule has 2 rings (SSSR count). The summed E-state index contributed by atoms with van der Waals surface area (Å²) in [5, 5.41) is 10.5. The minimum absolute atomic E-state index is 0.260. The Labute approximate surface area is 105 Å². The van der Waals surface area contributed by atoms with Gasteiger partial charge in [-0.15, -0.1) is 5.92 Å². The van der Waals surface area contributed by atoms with Gasteiger partial charge in [0.1, 0.15) is 5.60 Å². The second-order valence-electron chi connectivity index (χ2n) is 5.57. The second kappa shape index (κ2) is 5.00. The highest BCUT2D eigenvalue weighted by Crippen LogP contribution is 2.53. The summed E-state index contributed by atoms with van der Waals surface area (Å²) in [5.74, 6) is 6.18. The van der Waals surface area contributed by atoms with E-state index in [1.54, 1.807) is 0 Å². The van der Waals surface area contributed by atoms with Crippen LogP contribution >= 0.6 is 0 Å². The molecule has 1 aliphatic heterocycles. The van der Waals surface area contributed by atoms with Crippen LogP contribution in [-0.4, -0.2) is 22.4 Å². The normalized spacial score (nSPS) is 34.2. The maximum Gasteiger partial charge on any atom is 0.153 e. The van der Waals surface area contributed by atoms with Gasteiger partial charge in [0, 0.05) is 6.42 Å². The molecule has 2 fully saturated rings. The van der Waals surface area contributed by atoms with Gasteiger partial charge in [0.05, 0.1) is 6.10 Å². The molecule has 1 saturated carbocycles. The lowest BCUT2D eigenvalue weighted by Crippen LogP contribution is -2.44. The zero-order valence-electron chi connectivity index (χ0n) is 11.1. The summed E-state index contributed by atoms with van der Waals surface area (Å²) in [6.07, 6.45) is 9.17. The molecular weight excluding hydrogens is 212 g/mol. The molecule has 0 spiro atoms. The minimum Gasteiger partial charge on any atom is -0.375 e. The molecule has 1 saturated heterocycles. The molecular formula is C15H24O2. The largest absolute Gasteiger partial charge is 0.375 e. The van der Waals surface area contributed by atoms with Crippen molar-refractivity contribution in [1.82, 2.24) is 0 Å². The van der Waals surface area contributed by atoms with Crippen LogP contribution in [-0.2, 0) is 4.74 Å². The lowest BCUT2D eigenvalue weighted by molar-refractivity contribution is 0.0219. The van der Waals surface area contributed by atoms with E-state index in [0.717, 1.165) is 32.1 Å². The molecule has 0 aromatic rings. The highest BCUT2D eigenvalue weighted by molar-refractivity contribution is 5.28. The van der Waals surface area contributed by atoms with Gasteiger partial charge in [-0.2, -0.15) is 0 Å². The van der Waals surface area contributed by atoms with E-state index in [9.17, 15) is 5.11 Å². The zero-order valence-corrected chi connectivity index (χ0v) is 11.1. The van der Waals surface area contributed by atoms with Crippen molar-refractivity contribution < 1.29 is 9.84 Å². The molecule has 0 amide bonds. The monoisotopic (exact) mass is 236 g/mol. The second-order valence-corrected chi connectivity index (χ2v) is 5.57. The molecule has 2 aliphatic rings. The van der Waals surface area contributed by atoms with Crippen LogP contribution in [0.2, 0.25) is 0 Å². The summed E-state index contributed by atoms with van der Waals surface area (Å²) >= 11 is 0. The Balaban J connectivity index is 1.90. The Morgan fingerprint density at radius 2 is 2.24 bits per heavy atom. The Hall–Kier alpha value is -0.520. The van der Waals surface area contributed by atoms with E-state index in [2.05, 4.69) is 18.8 Å². The molecule has 3 unspecified atom stereocenters. The Morgan fingerprint density at radius 1 is 1.41 bits per heavy atom. The molecule has 2 nitrogen and oxygen atoms in total. The number of rotatable bonds is 4. The SMILES string of the molecule is CCCCCC#CC(C)(O)C12CCCCC1O2. The van der Waals surface area contributed by atoms with Gasteiger partial charge in [0.25, 0.3) is 0 Å². The number of hydrogen-bond acceptors (Lipinski definition) is 2. The van der Waals surface area contributed by atoms with Gasteiger partial charge >= 0.3 is 0 Å². The number of fused-ring (bicyclic) bond motifs is 1. The summed E-state index contributed by atoms with van der Waals surface area (Å²) in [6.45, 7) is 4.01. The van der Waals surface area contributed by atoms with E-state index < -0.39 is 5.60 Å². The van der Waals surface area contributed by atoms with Crippen molar-refractivity contribution in [1.29, 1.82) is 0 Å². The van der Waals surface area contributed by atoms with Crippen molar-refractivity contribution in [2.24, 2.45) is 0 Å². The van der Waals surface area contributed by atoms with Crippen LogP contribution in [0.4, 0.5) is 0 Å². The predicted octanol–water partition coefficient (Wildman–Crippen LogP) is 3.03. The standard InChI is InChI=1S/C15H24O2/c1-3-4-5-6-8-11-14(2,16)15-12-9-7-10-13(15)17-15/h13,16H,3-7,9-10,12H2,1-2H3. The third-order valence-corrected chi connectivity index (χ3v) is 4.14. The fraction of sp³-hybridized carbons (Fsp3) is 0.867. The molecule has 0 aromatic carbocycles. The maximum atomic E-state index is 10.5. The average molecular weight is 236 g/mol. The fourth-order valence-electron chi connectivity index (χ4n) is 2.92. The summed E-state index contributed by atoms with van der Waals surface area (Å²) in [5.41, 5.74) is -1.28. The van der Waals surface area contributed by atoms with Crippen molar-refractivity contribution in [3.63, 3.8) is 0 Å². The van der Waals surface area contributed by atoms with Crippen LogP contribution in [0.1, 0.15) is 65.2 Å². The number of hydrogen-bond donors (Lipinski definition) is 1. The molecule has 1 aliphatic carbocycles. The van der Waals surface area contributed by atoms with Gasteiger partial charge in [-0.25, -0.2) is 0 Å². The Bertz CT molecular complexity index is 324. The molecule has 3 atom stereocenters. The van der Waals surface area contributed by atoms with Gasteiger partial charge < -0.3 is 9.84 Å². The van der Waals surface area contributed by atoms with E-state index in [1.807, 2.05) is 6.92 Å². The highest BCUT2D eigenvalue weighted by Gasteiger charge is 2.66. The smallest absolute Gasteiger partial charge is 0.153 e. The summed E-state index contributed by atoms with van der Waals surface area (Å²) in [6, 6.07) is 0. The van der Waals surface area contributed by atoms with Crippen LogP contribution in [0, 0.1) is 11.8 Å². The average Bonchev–Trinajstić information content (AvgIpc) is 3.05. The van der Waals surface area contributed by atoms with E-state index in [4.69, 9.17) is 4.74 Å². The van der Waals surface area contributed by atoms with Gasteiger partial charge in [0.15, 0.2) is 5.60 Å². The van der Waals surface area contributed by atoms with Crippen molar-refractivity contribution in [3.05, 3.63) is 0 Å². The van der Waals surface area contributed by atoms with Gasteiger partial charge in [-0.1, -0.05) is 38.5 Å². The predicted molar refractivity (Wildman–Crippen MR) is 68.6 cm³/mol. The van der Waals surface area contributed by atoms with E-state index in [1.165, 1.54) is 19.3 Å². The van der Waals surface area contributed by atoms with Crippen molar-refractivity contribution >= 4 is 0 Å². The first-order valence-corrected chi connectivity index (χ1v) is 7.02. The van der Waals surface area contributed by atoms with Crippen molar-refractivity contribution in [2.45, 2.75) is 82.5 Å². The maximum absolute atomic E-state index is 10.5. The zero-order chi connectivity index (χ0) is 12.4. The molecule has 0 bridgehead atoms. The molecule has 96 valence electrons. The van der Waals surface area contributed by atoms with Gasteiger partial charge in [-0.05, 0) is 26.2 Å². The summed E-state index contributed by atoms with van der Waals surface area (Å²) in [4.78, 5) is 0. The van der Waals surface area contributed by atoms with Gasteiger partial charge in [-0.3, -0.25) is 0 Å². The molecule has 17 heavy (non-hydrogen) atoms.